The molecule has 23 heavy (non-hydrogen) atoms. The molecule has 0 saturated heterocycles. The Hall–Kier alpha value is -2.43. The van der Waals surface area contributed by atoms with E-state index in [0.29, 0.717) is 6.07 Å². The lowest BCUT2D eigenvalue weighted by molar-refractivity contribution is -0.123. The molecule has 0 aliphatic heterocycles. The van der Waals surface area contributed by atoms with Gasteiger partial charge in [0.2, 0.25) is 0 Å². The molecule has 0 spiro atoms. The molecule has 0 heterocycles. The second kappa shape index (κ2) is 7.22. The van der Waals surface area contributed by atoms with Crippen LogP contribution in [0, 0.1) is 25.5 Å². The zero-order valence-electron chi connectivity index (χ0n) is 13.3. The lowest BCUT2D eigenvalue weighted by atomic mass is 10.0. The van der Waals surface area contributed by atoms with Crippen molar-refractivity contribution in [2.75, 3.05) is 6.61 Å². The molecule has 1 N–H and O–H groups in total. The van der Waals surface area contributed by atoms with Gasteiger partial charge >= 0.3 is 0 Å². The fourth-order valence-electron chi connectivity index (χ4n) is 2.14. The van der Waals surface area contributed by atoms with E-state index in [-0.39, 0.29) is 24.3 Å². The average Bonchev–Trinajstić information content (AvgIpc) is 2.49. The van der Waals surface area contributed by atoms with Gasteiger partial charge in [0.1, 0.15) is 5.82 Å². The molecule has 0 saturated carbocycles. The Morgan fingerprint density at radius 1 is 1.13 bits per heavy atom. The van der Waals surface area contributed by atoms with E-state index in [9.17, 15) is 13.6 Å². The number of amides is 1. The van der Waals surface area contributed by atoms with E-state index in [1.54, 1.807) is 0 Å². The normalized spacial score (nSPS) is 11.9. The third-order valence-electron chi connectivity index (χ3n) is 3.66. The Balaban J connectivity index is 1.92. The fourth-order valence-corrected chi connectivity index (χ4v) is 2.14. The van der Waals surface area contributed by atoms with E-state index in [1.165, 1.54) is 5.56 Å². The maximum absolute atomic E-state index is 13.4. The van der Waals surface area contributed by atoms with Gasteiger partial charge < -0.3 is 10.1 Å². The van der Waals surface area contributed by atoms with Gasteiger partial charge in [0.25, 0.3) is 5.91 Å². The van der Waals surface area contributed by atoms with E-state index in [4.69, 9.17) is 4.74 Å². The summed E-state index contributed by atoms with van der Waals surface area (Å²) in [6.45, 7) is 5.56. The van der Waals surface area contributed by atoms with Crippen LogP contribution >= 0.6 is 0 Å². The van der Waals surface area contributed by atoms with Gasteiger partial charge in [-0.15, -0.1) is 0 Å². The third-order valence-corrected chi connectivity index (χ3v) is 3.66. The Labute approximate surface area is 134 Å². The average molecular weight is 319 g/mol. The molecular weight excluding hydrogens is 300 g/mol. The quantitative estimate of drug-likeness (QED) is 0.909. The third kappa shape index (κ3) is 4.52. The standard InChI is InChI=1S/C18H19F2NO2/c1-11-4-5-14(8-12(11)2)13(3)21-18(22)10-23-17-7-6-15(19)9-16(17)20/h4-9,13H,10H2,1-3H3,(H,21,22). The van der Waals surface area contributed by atoms with E-state index >= 15 is 0 Å². The van der Waals surface area contributed by atoms with Gasteiger partial charge in [-0.25, -0.2) is 8.78 Å². The first-order valence-electron chi connectivity index (χ1n) is 7.31. The molecule has 2 aromatic rings. The zero-order chi connectivity index (χ0) is 17.0. The molecule has 1 atom stereocenters. The maximum atomic E-state index is 13.4. The number of hydrogen-bond acceptors (Lipinski definition) is 2. The summed E-state index contributed by atoms with van der Waals surface area (Å²) in [6.07, 6.45) is 0. The monoisotopic (exact) mass is 319 g/mol. The number of hydrogen-bond donors (Lipinski definition) is 1. The summed E-state index contributed by atoms with van der Waals surface area (Å²) in [5.74, 6) is -2.05. The molecule has 2 rings (SSSR count). The number of benzene rings is 2. The van der Waals surface area contributed by atoms with Crippen molar-refractivity contribution in [3.05, 3.63) is 64.7 Å². The second-order valence-corrected chi connectivity index (χ2v) is 5.50. The molecule has 3 nitrogen and oxygen atoms in total. The zero-order valence-corrected chi connectivity index (χ0v) is 13.3. The van der Waals surface area contributed by atoms with Gasteiger partial charge in [0, 0.05) is 6.07 Å². The Bertz CT molecular complexity index is 716. The predicted octanol–water partition coefficient (Wildman–Crippen LogP) is 3.84. The number of rotatable bonds is 5. The summed E-state index contributed by atoms with van der Waals surface area (Å²) in [7, 11) is 0. The van der Waals surface area contributed by atoms with E-state index < -0.39 is 11.6 Å². The SMILES string of the molecule is Cc1ccc(C(C)NC(=O)COc2ccc(F)cc2F)cc1C. The smallest absolute Gasteiger partial charge is 0.258 e. The molecule has 0 aromatic heterocycles. The summed E-state index contributed by atoms with van der Waals surface area (Å²) in [6, 6.07) is 8.72. The molecule has 0 aliphatic rings. The highest BCUT2D eigenvalue weighted by Gasteiger charge is 2.12. The van der Waals surface area contributed by atoms with Gasteiger partial charge in [0.15, 0.2) is 18.2 Å². The van der Waals surface area contributed by atoms with E-state index in [0.717, 1.165) is 23.3 Å². The van der Waals surface area contributed by atoms with Crippen molar-refractivity contribution in [2.24, 2.45) is 0 Å². The van der Waals surface area contributed by atoms with Crippen molar-refractivity contribution in [3.8, 4) is 5.75 Å². The second-order valence-electron chi connectivity index (χ2n) is 5.50. The number of ether oxygens (including phenoxy) is 1. The van der Waals surface area contributed by atoms with Crippen molar-refractivity contribution in [1.82, 2.24) is 5.32 Å². The highest BCUT2D eigenvalue weighted by Crippen LogP contribution is 2.18. The number of aryl methyl sites for hydroxylation is 2. The summed E-state index contributed by atoms with van der Waals surface area (Å²) in [5.41, 5.74) is 3.31. The van der Waals surface area contributed by atoms with Gasteiger partial charge in [0.05, 0.1) is 6.04 Å². The first-order chi connectivity index (χ1) is 10.9. The molecule has 1 unspecified atom stereocenters. The molecule has 1 amide bonds. The molecule has 0 radical (unpaired) electrons. The summed E-state index contributed by atoms with van der Waals surface area (Å²) in [4.78, 5) is 11.9. The molecule has 5 heteroatoms. The van der Waals surface area contributed by atoms with Crippen LogP contribution in [0.4, 0.5) is 8.78 Å². The predicted molar refractivity (Wildman–Crippen MR) is 84.3 cm³/mol. The Morgan fingerprint density at radius 3 is 2.52 bits per heavy atom. The van der Waals surface area contributed by atoms with Crippen LogP contribution in [0.5, 0.6) is 5.75 Å². The number of carbonyl (C=O) groups is 1. The summed E-state index contributed by atoms with van der Waals surface area (Å²) in [5, 5.41) is 2.78. The van der Waals surface area contributed by atoms with Crippen LogP contribution in [0.15, 0.2) is 36.4 Å². The van der Waals surface area contributed by atoms with Gasteiger partial charge in [-0.05, 0) is 49.6 Å². The van der Waals surface area contributed by atoms with Crippen molar-refractivity contribution < 1.29 is 18.3 Å². The maximum Gasteiger partial charge on any atom is 0.258 e. The minimum atomic E-state index is -0.833. The topological polar surface area (TPSA) is 38.3 Å². The molecular formula is C18H19F2NO2. The Kier molecular flexibility index (Phi) is 5.32. The van der Waals surface area contributed by atoms with Gasteiger partial charge in [-0.1, -0.05) is 18.2 Å². The highest BCUT2D eigenvalue weighted by molar-refractivity contribution is 5.78. The first kappa shape index (κ1) is 16.9. The number of nitrogens with one attached hydrogen (secondary N) is 1. The van der Waals surface area contributed by atoms with Crippen LogP contribution in [0.1, 0.15) is 29.7 Å². The Morgan fingerprint density at radius 2 is 1.87 bits per heavy atom. The van der Waals surface area contributed by atoms with E-state index in [2.05, 4.69) is 5.32 Å². The van der Waals surface area contributed by atoms with Crippen LogP contribution < -0.4 is 10.1 Å². The lowest BCUT2D eigenvalue weighted by Gasteiger charge is -2.16. The van der Waals surface area contributed by atoms with E-state index in [1.807, 2.05) is 39.0 Å². The van der Waals surface area contributed by atoms with Crippen LogP contribution in [0.3, 0.4) is 0 Å². The van der Waals surface area contributed by atoms with Crippen molar-refractivity contribution in [2.45, 2.75) is 26.8 Å². The minimum absolute atomic E-state index is 0.152. The van der Waals surface area contributed by atoms with Crippen molar-refractivity contribution in [1.29, 1.82) is 0 Å². The number of carbonyl (C=O) groups excluding carboxylic acids is 1. The summed E-state index contributed by atoms with van der Waals surface area (Å²) >= 11 is 0. The molecule has 2 aromatic carbocycles. The molecule has 0 aliphatic carbocycles. The lowest BCUT2D eigenvalue weighted by Crippen LogP contribution is -2.31. The van der Waals surface area contributed by atoms with Crippen LogP contribution in [-0.4, -0.2) is 12.5 Å². The first-order valence-corrected chi connectivity index (χ1v) is 7.31. The fraction of sp³-hybridized carbons (Fsp3) is 0.278. The van der Waals surface area contributed by atoms with Gasteiger partial charge in [-0.2, -0.15) is 0 Å². The molecule has 0 bridgehead atoms. The number of halogens is 2. The van der Waals surface area contributed by atoms with Crippen LogP contribution in [-0.2, 0) is 4.79 Å². The molecule has 0 fully saturated rings. The van der Waals surface area contributed by atoms with Crippen molar-refractivity contribution in [3.63, 3.8) is 0 Å². The summed E-state index contributed by atoms with van der Waals surface area (Å²) < 4.78 is 31.3. The van der Waals surface area contributed by atoms with Gasteiger partial charge in [-0.3, -0.25) is 4.79 Å². The highest BCUT2D eigenvalue weighted by atomic mass is 19.1. The van der Waals surface area contributed by atoms with Crippen LogP contribution in [0.2, 0.25) is 0 Å². The largest absolute Gasteiger partial charge is 0.481 e. The van der Waals surface area contributed by atoms with Crippen LogP contribution in [0.25, 0.3) is 0 Å². The minimum Gasteiger partial charge on any atom is -0.481 e. The van der Waals surface area contributed by atoms with Crippen molar-refractivity contribution >= 4 is 5.91 Å². The molecule has 122 valence electrons.